The summed E-state index contributed by atoms with van der Waals surface area (Å²) in [5.74, 6) is -0.249. The molecule has 0 spiro atoms. The molecule has 1 fully saturated rings. The van der Waals surface area contributed by atoms with Gasteiger partial charge in [-0.2, -0.15) is 0 Å². The highest BCUT2D eigenvalue weighted by Crippen LogP contribution is 2.27. The van der Waals surface area contributed by atoms with E-state index in [9.17, 15) is 9.18 Å². The van der Waals surface area contributed by atoms with E-state index >= 15 is 0 Å². The van der Waals surface area contributed by atoms with Crippen molar-refractivity contribution in [2.75, 3.05) is 13.2 Å². The van der Waals surface area contributed by atoms with Crippen LogP contribution in [-0.2, 0) is 0 Å². The second kappa shape index (κ2) is 7.58. The summed E-state index contributed by atoms with van der Waals surface area (Å²) in [4.78, 5) is 14.3. The van der Waals surface area contributed by atoms with E-state index in [1.807, 2.05) is 17.9 Å². The van der Waals surface area contributed by atoms with Gasteiger partial charge in [-0.05, 0) is 56.7 Å². The summed E-state index contributed by atoms with van der Waals surface area (Å²) < 4.78 is 13.6. The van der Waals surface area contributed by atoms with Gasteiger partial charge in [0, 0.05) is 19.2 Å². The zero-order valence-electron chi connectivity index (χ0n) is 13.3. The fourth-order valence-corrected chi connectivity index (χ4v) is 2.46. The molecular weight excluding hydrogens is 283 g/mol. The molecule has 2 amide bonds. The molecule has 4 nitrogen and oxygen atoms in total. The number of hydrogen-bond donors (Lipinski definition) is 2. The Morgan fingerprint density at radius 2 is 2.18 bits per heavy atom. The normalized spacial score (nSPS) is 15.5. The van der Waals surface area contributed by atoms with Crippen molar-refractivity contribution in [3.8, 4) is 0 Å². The Hall–Kier alpha value is -1.62. The van der Waals surface area contributed by atoms with Crippen LogP contribution < -0.4 is 5.32 Å². The summed E-state index contributed by atoms with van der Waals surface area (Å²) >= 11 is 0. The predicted molar refractivity (Wildman–Crippen MR) is 84.1 cm³/mol. The van der Waals surface area contributed by atoms with Gasteiger partial charge >= 0.3 is 6.03 Å². The van der Waals surface area contributed by atoms with Crippen LogP contribution in [0.4, 0.5) is 9.18 Å². The Balaban J connectivity index is 1.94. The summed E-state index contributed by atoms with van der Waals surface area (Å²) in [6.07, 6.45) is 3.59. The number of carbonyl (C=O) groups is 1. The van der Waals surface area contributed by atoms with Gasteiger partial charge in [0.05, 0.1) is 6.04 Å². The lowest BCUT2D eigenvalue weighted by Gasteiger charge is -2.25. The molecule has 22 heavy (non-hydrogen) atoms. The number of aliphatic hydroxyl groups is 1. The van der Waals surface area contributed by atoms with Crippen LogP contribution in [-0.4, -0.2) is 35.2 Å². The predicted octanol–water partition coefficient (Wildman–Crippen LogP) is 3.14. The molecule has 1 aromatic rings. The molecule has 1 atom stereocenters. The smallest absolute Gasteiger partial charge is 0.318 e. The van der Waals surface area contributed by atoms with Crippen molar-refractivity contribution in [3.63, 3.8) is 0 Å². The summed E-state index contributed by atoms with van der Waals surface area (Å²) in [5, 5.41) is 11.8. The minimum atomic E-state index is -0.249. The Morgan fingerprint density at radius 1 is 1.45 bits per heavy atom. The first-order valence-electron chi connectivity index (χ1n) is 7.97. The minimum Gasteiger partial charge on any atom is -0.396 e. The van der Waals surface area contributed by atoms with E-state index in [-0.39, 0.29) is 24.5 Å². The molecule has 0 radical (unpaired) electrons. The van der Waals surface area contributed by atoms with Crippen LogP contribution in [0.2, 0.25) is 0 Å². The Kier molecular flexibility index (Phi) is 5.77. The first-order valence-corrected chi connectivity index (χ1v) is 7.97. The van der Waals surface area contributed by atoms with Gasteiger partial charge in [-0.3, -0.25) is 0 Å². The number of benzene rings is 1. The molecule has 0 heterocycles. The van der Waals surface area contributed by atoms with E-state index in [2.05, 4.69) is 5.32 Å². The molecule has 1 aromatic carbocycles. The molecule has 0 bridgehead atoms. The lowest BCUT2D eigenvalue weighted by Crippen LogP contribution is -2.43. The number of halogens is 1. The number of unbranched alkanes of at least 4 members (excludes halogenated alkanes) is 1. The molecule has 1 aliphatic rings. The van der Waals surface area contributed by atoms with E-state index in [0.29, 0.717) is 24.6 Å². The number of nitrogens with one attached hydrogen (secondary N) is 1. The number of urea groups is 1. The molecule has 0 aromatic heterocycles. The monoisotopic (exact) mass is 308 g/mol. The van der Waals surface area contributed by atoms with Gasteiger partial charge < -0.3 is 15.3 Å². The van der Waals surface area contributed by atoms with Crippen LogP contribution in [0.1, 0.15) is 49.8 Å². The first-order chi connectivity index (χ1) is 10.5. The zero-order chi connectivity index (χ0) is 16.1. The highest BCUT2D eigenvalue weighted by molar-refractivity contribution is 5.75. The van der Waals surface area contributed by atoms with Gasteiger partial charge in [0.2, 0.25) is 0 Å². The van der Waals surface area contributed by atoms with Crippen LogP contribution in [0, 0.1) is 12.7 Å². The first kappa shape index (κ1) is 16.7. The van der Waals surface area contributed by atoms with Gasteiger partial charge in [0.25, 0.3) is 0 Å². The number of aliphatic hydroxyl groups excluding tert-OH is 1. The Bertz CT molecular complexity index is 517. The molecule has 1 aliphatic carbocycles. The fourth-order valence-electron chi connectivity index (χ4n) is 2.46. The molecule has 2 rings (SSSR count). The second-order valence-corrected chi connectivity index (χ2v) is 6.04. The van der Waals surface area contributed by atoms with Gasteiger partial charge in [-0.1, -0.05) is 12.1 Å². The van der Waals surface area contributed by atoms with Crippen molar-refractivity contribution in [1.29, 1.82) is 0 Å². The van der Waals surface area contributed by atoms with Gasteiger partial charge in [-0.25, -0.2) is 9.18 Å². The zero-order valence-corrected chi connectivity index (χ0v) is 13.3. The van der Waals surface area contributed by atoms with E-state index < -0.39 is 0 Å². The minimum absolute atomic E-state index is 0.103. The number of carbonyl (C=O) groups excluding carboxylic acids is 1. The molecular formula is C17H25FN2O2. The largest absolute Gasteiger partial charge is 0.396 e. The maximum absolute atomic E-state index is 13.6. The number of amides is 2. The quantitative estimate of drug-likeness (QED) is 0.760. The SMILES string of the molecule is Cc1ccc(C(C)NC(=O)N(CCCCO)C2CC2)cc1F. The third-order valence-corrected chi connectivity index (χ3v) is 4.09. The molecule has 1 unspecified atom stereocenters. The van der Waals surface area contributed by atoms with E-state index in [4.69, 9.17) is 5.11 Å². The standard InChI is InChI=1S/C17H25FN2O2/c1-12-5-6-14(11-16(12)18)13(2)19-17(22)20(15-7-8-15)9-3-4-10-21/h5-6,11,13,15,21H,3-4,7-10H2,1-2H3,(H,19,22). The lowest BCUT2D eigenvalue weighted by molar-refractivity contribution is 0.187. The molecule has 0 aliphatic heterocycles. The van der Waals surface area contributed by atoms with E-state index in [1.54, 1.807) is 13.0 Å². The van der Waals surface area contributed by atoms with Crippen LogP contribution in [0.15, 0.2) is 18.2 Å². The average Bonchev–Trinajstić information content (AvgIpc) is 3.31. The van der Waals surface area contributed by atoms with Crippen molar-refractivity contribution in [2.24, 2.45) is 0 Å². The maximum Gasteiger partial charge on any atom is 0.318 e. The topological polar surface area (TPSA) is 52.6 Å². The van der Waals surface area contributed by atoms with Crippen molar-refractivity contribution in [2.45, 2.75) is 51.6 Å². The number of aryl methyl sites for hydroxylation is 1. The van der Waals surface area contributed by atoms with Gasteiger partial charge in [0.15, 0.2) is 0 Å². The summed E-state index contributed by atoms with van der Waals surface area (Å²) in [6, 6.07) is 5.04. The number of nitrogens with zero attached hydrogens (tertiary/aromatic N) is 1. The molecule has 2 N–H and O–H groups in total. The van der Waals surface area contributed by atoms with Crippen LogP contribution >= 0.6 is 0 Å². The summed E-state index contributed by atoms with van der Waals surface area (Å²) in [7, 11) is 0. The number of hydrogen-bond acceptors (Lipinski definition) is 2. The van der Waals surface area contributed by atoms with Crippen LogP contribution in [0.25, 0.3) is 0 Å². The van der Waals surface area contributed by atoms with E-state index in [0.717, 1.165) is 24.8 Å². The maximum atomic E-state index is 13.6. The van der Waals surface area contributed by atoms with Crippen molar-refractivity contribution in [3.05, 3.63) is 35.1 Å². The third-order valence-electron chi connectivity index (χ3n) is 4.09. The third kappa shape index (κ3) is 4.44. The highest BCUT2D eigenvalue weighted by Gasteiger charge is 2.32. The van der Waals surface area contributed by atoms with Crippen molar-refractivity contribution < 1.29 is 14.3 Å². The highest BCUT2D eigenvalue weighted by atomic mass is 19.1. The molecule has 0 saturated heterocycles. The van der Waals surface area contributed by atoms with Crippen molar-refractivity contribution in [1.82, 2.24) is 10.2 Å². The molecule has 5 heteroatoms. The lowest BCUT2D eigenvalue weighted by atomic mass is 10.1. The Morgan fingerprint density at radius 3 is 2.77 bits per heavy atom. The van der Waals surface area contributed by atoms with Crippen LogP contribution in [0.5, 0.6) is 0 Å². The second-order valence-electron chi connectivity index (χ2n) is 6.04. The van der Waals surface area contributed by atoms with Crippen molar-refractivity contribution >= 4 is 6.03 Å². The molecule has 122 valence electrons. The van der Waals surface area contributed by atoms with Gasteiger partial charge in [-0.15, -0.1) is 0 Å². The Labute approximate surface area is 131 Å². The van der Waals surface area contributed by atoms with Crippen LogP contribution in [0.3, 0.4) is 0 Å². The summed E-state index contributed by atoms with van der Waals surface area (Å²) in [6.45, 7) is 4.39. The summed E-state index contributed by atoms with van der Waals surface area (Å²) in [5.41, 5.74) is 1.37. The average molecular weight is 308 g/mol. The van der Waals surface area contributed by atoms with E-state index in [1.165, 1.54) is 6.07 Å². The van der Waals surface area contributed by atoms with Gasteiger partial charge in [0.1, 0.15) is 5.82 Å². The molecule has 1 saturated carbocycles. The number of rotatable bonds is 7. The fraction of sp³-hybridized carbons (Fsp3) is 0.588.